The van der Waals surface area contributed by atoms with Crippen molar-refractivity contribution in [2.45, 2.75) is 81.9 Å². The third-order valence-electron chi connectivity index (χ3n) is 8.70. The summed E-state index contributed by atoms with van der Waals surface area (Å²) in [5, 5.41) is 57.0. The second-order valence-corrected chi connectivity index (χ2v) is 9.54. The fourth-order valence-corrected chi connectivity index (χ4v) is 6.82. The molecule has 2 saturated carbocycles. The van der Waals surface area contributed by atoms with Crippen LogP contribution in [0.1, 0.15) is 53.4 Å². The van der Waals surface area contributed by atoms with E-state index in [4.69, 9.17) is 4.74 Å². The predicted molar refractivity (Wildman–Crippen MR) is 94.4 cm³/mol. The fraction of sp³-hybridized carbons (Fsp3) is 0.850. The van der Waals surface area contributed by atoms with Crippen LogP contribution in [0.25, 0.3) is 0 Å². The van der Waals surface area contributed by atoms with Crippen molar-refractivity contribution in [3.8, 4) is 0 Å². The van der Waals surface area contributed by atoms with Gasteiger partial charge in [0.25, 0.3) is 0 Å². The maximum Gasteiger partial charge on any atom is 0.307 e. The molecule has 5 N–H and O–H groups in total. The van der Waals surface area contributed by atoms with Crippen LogP contribution in [0.2, 0.25) is 0 Å². The number of ether oxygens (including phenoxy) is 1. The van der Waals surface area contributed by atoms with Gasteiger partial charge in [-0.15, -0.1) is 0 Å². The van der Waals surface area contributed by atoms with Crippen LogP contribution in [-0.4, -0.2) is 66.6 Å². The van der Waals surface area contributed by atoms with Gasteiger partial charge in [-0.2, -0.15) is 0 Å². The maximum atomic E-state index is 12.5. The summed E-state index contributed by atoms with van der Waals surface area (Å²) < 4.78 is 5.58. The van der Waals surface area contributed by atoms with Crippen LogP contribution in [0.3, 0.4) is 0 Å². The summed E-state index contributed by atoms with van der Waals surface area (Å²) in [7, 11) is 0. The molecule has 8 atom stereocenters. The molecule has 0 aromatic carbocycles. The molecular weight excluding hydrogens is 352 g/mol. The Hall–Kier alpha value is -0.990. The highest BCUT2D eigenvalue weighted by Gasteiger charge is 2.88. The predicted octanol–water partition coefficient (Wildman–Crippen LogP) is 0.0247. The molecule has 7 nitrogen and oxygen atoms in total. The topological polar surface area (TPSA) is 127 Å². The number of fused-ring (bicyclic) bond motifs is 2. The molecule has 2 heterocycles. The van der Waals surface area contributed by atoms with Crippen molar-refractivity contribution >= 4 is 5.97 Å². The second kappa shape index (κ2) is 5.13. The van der Waals surface area contributed by atoms with E-state index in [1.54, 1.807) is 27.7 Å². The normalized spacial score (nSPS) is 55.2. The largest absolute Gasteiger partial charge is 0.456 e. The Balaban J connectivity index is 2.06. The zero-order valence-electron chi connectivity index (χ0n) is 16.3. The van der Waals surface area contributed by atoms with Gasteiger partial charge in [0.1, 0.15) is 16.8 Å². The average molecular weight is 382 g/mol. The Morgan fingerprint density at radius 2 is 1.81 bits per heavy atom. The van der Waals surface area contributed by atoms with Gasteiger partial charge in [0.15, 0.2) is 11.7 Å². The van der Waals surface area contributed by atoms with Gasteiger partial charge in [-0.25, -0.2) is 0 Å². The molecule has 2 bridgehead atoms. The number of esters is 1. The molecule has 27 heavy (non-hydrogen) atoms. The first-order chi connectivity index (χ1) is 12.3. The van der Waals surface area contributed by atoms with Gasteiger partial charge in [-0.3, -0.25) is 4.79 Å². The zero-order chi connectivity index (χ0) is 20.2. The number of carbonyl (C=O) groups is 1. The molecule has 0 radical (unpaired) electrons. The summed E-state index contributed by atoms with van der Waals surface area (Å²) in [6.45, 7) is 6.62. The smallest absolute Gasteiger partial charge is 0.307 e. The van der Waals surface area contributed by atoms with Crippen LogP contribution in [0.15, 0.2) is 11.1 Å². The summed E-state index contributed by atoms with van der Waals surface area (Å²) in [6.07, 6.45) is -1.08. The van der Waals surface area contributed by atoms with E-state index in [1.165, 1.54) is 0 Å². The molecule has 2 unspecified atom stereocenters. The first-order valence-electron chi connectivity index (χ1n) is 9.75. The molecule has 152 valence electrons. The summed E-state index contributed by atoms with van der Waals surface area (Å²) in [6, 6.07) is 0. The van der Waals surface area contributed by atoms with Crippen molar-refractivity contribution in [2.75, 3.05) is 6.61 Å². The number of carbonyl (C=O) groups excluding carboxylic acids is 1. The first kappa shape index (κ1) is 19.3. The van der Waals surface area contributed by atoms with E-state index in [2.05, 4.69) is 0 Å². The van der Waals surface area contributed by atoms with Gasteiger partial charge >= 0.3 is 5.97 Å². The number of hydrogen-bond acceptors (Lipinski definition) is 7. The molecule has 0 amide bonds. The number of aliphatic hydroxyl groups excluding tert-OH is 1. The number of hydrogen-bond donors (Lipinski definition) is 5. The third kappa shape index (κ3) is 1.67. The van der Waals surface area contributed by atoms with Gasteiger partial charge in [0, 0.05) is 24.4 Å². The van der Waals surface area contributed by atoms with E-state index in [-0.39, 0.29) is 31.8 Å². The molecule has 3 aliphatic carbocycles. The highest BCUT2D eigenvalue weighted by molar-refractivity contribution is 5.74. The molecule has 0 spiro atoms. The Bertz CT molecular complexity index is 749. The van der Waals surface area contributed by atoms with E-state index >= 15 is 0 Å². The lowest BCUT2D eigenvalue weighted by atomic mass is 9.44. The molecule has 5 rings (SSSR count). The number of aliphatic hydroxyl groups is 5. The number of rotatable bonds is 2. The average Bonchev–Trinajstić information content (AvgIpc) is 2.93. The van der Waals surface area contributed by atoms with Crippen molar-refractivity contribution in [1.82, 2.24) is 0 Å². The summed E-state index contributed by atoms with van der Waals surface area (Å²) in [5.74, 6) is -1.39. The van der Waals surface area contributed by atoms with Gasteiger partial charge in [-0.05, 0) is 31.3 Å². The third-order valence-corrected chi connectivity index (χ3v) is 8.70. The minimum atomic E-state index is -2.04. The van der Waals surface area contributed by atoms with Gasteiger partial charge < -0.3 is 30.3 Å². The van der Waals surface area contributed by atoms with Crippen molar-refractivity contribution in [3.63, 3.8) is 0 Å². The van der Waals surface area contributed by atoms with Crippen LogP contribution in [0.5, 0.6) is 0 Å². The van der Waals surface area contributed by atoms with Crippen molar-refractivity contribution < 1.29 is 35.1 Å². The van der Waals surface area contributed by atoms with Crippen LogP contribution in [0, 0.1) is 17.3 Å². The minimum Gasteiger partial charge on any atom is -0.456 e. The molecule has 2 saturated heterocycles. The molecule has 4 fully saturated rings. The molecule has 2 aliphatic heterocycles. The summed E-state index contributed by atoms with van der Waals surface area (Å²) in [4.78, 5) is 12.5. The quantitative estimate of drug-likeness (QED) is 0.337. The monoisotopic (exact) mass is 382 g/mol. The lowest BCUT2D eigenvalue weighted by Crippen LogP contribution is -2.85. The SMILES string of the molecule is CC1=C(C(C)CO)C[C@@]2(O)[C@@]3(C)CC(=O)O[C@H](C4(O)[C@H](C)CC[C@@]43O)[C@@]12O. The minimum absolute atomic E-state index is 0.00741. The highest BCUT2D eigenvalue weighted by atomic mass is 16.6. The lowest BCUT2D eigenvalue weighted by Gasteiger charge is -2.66. The lowest BCUT2D eigenvalue weighted by molar-refractivity contribution is -0.361. The van der Waals surface area contributed by atoms with E-state index in [0.29, 0.717) is 17.6 Å². The molecule has 0 aromatic rings. The van der Waals surface area contributed by atoms with Crippen LogP contribution in [0.4, 0.5) is 0 Å². The maximum absolute atomic E-state index is 12.5. The van der Waals surface area contributed by atoms with Crippen LogP contribution < -0.4 is 0 Å². The standard InChI is InChI=1S/C20H30O7/c1-10(9-21)13-7-18(24)16(4)8-14(22)27-15(20(18,26)12(13)3)19(25)11(2)5-6-17(16,19)23/h10-11,15,21,23-26H,5-9H2,1-4H3/t10?,11-,15-,16+,17+,18-,19?,20+/m1/s1. The second-order valence-electron chi connectivity index (χ2n) is 9.54. The molecular formula is C20H30O7. The van der Waals surface area contributed by atoms with Crippen LogP contribution in [-0.2, 0) is 9.53 Å². The summed E-state index contributed by atoms with van der Waals surface area (Å²) in [5.41, 5.74) is -8.03. The highest BCUT2D eigenvalue weighted by Crippen LogP contribution is 2.73. The molecule has 0 aromatic heterocycles. The van der Waals surface area contributed by atoms with Gasteiger partial charge in [0.2, 0.25) is 0 Å². The van der Waals surface area contributed by atoms with E-state index in [0.717, 1.165) is 0 Å². The Morgan fingerprint density at radius 1 is 1.19 bits per heavy atom. The van der Waals surface area contributed by atoms with Crippen molar-refractivity contribution in [1.29, 1.82) is 0 Å². The molecule has 5 aliphatic rings. The van der Waals surface area contributed by atoms with Gasteiger partial charge in [-0.1, -0.05) is 26.3 Å². The first-order valence-corrected chi connectivity index (χ1v) is 9.75. The fourth-order valence-electron chi connectivity index (χ4n) is 6.82. The van der Waals surface area contributed by atoms with Crippen LogP contribution >= 0.6 is 0 Å². The Kier molecular flexibility index (Phi) is 3.67. The molecule has 7 heteroatoms. The summed E-state index contributed by atoms with van der Waals surface area (Å²) >= 11 is 0. The zero-order valence-corrected chi connectivity index (χ0v) is 16.3. The van der Waals surface area contributed by atoms with Gasteiger partial charge in [0.05, 0.1) is 6.42 Å². The Morgan fingerprint density at radius 3 is 2.41 bits per heavy atom. The van der Waals surface area contributed by atoms with E-state index in [1.807, 2.05) is 0 Å². The Labute approximate surface area is 158 Å². The van der Waals surface area contributed by atoms with Crippen molar-refractivity contribution in [2.24, 2.45) is 17.3 Å². The van der Waals surface area contributed by atoms with Crippen molar-refractivity contribution in [3.05, 3.63) is 11.1 Å². The van der Waals surface area contributed by atoms with E-state index in [9.17, 15) is 30.3 Å². The van der Waals surface area contributed by atoms with E-state index < -0.39 is 45.8 Å².